The second-order valence-electron chi connectivity index (χ2n) is 12.5. The quantitative estimate of drug-likeness (QED) is 0.0315. The smallest absolute Gasteiger partial charge is 0.306 e. The lowest BCUT2D eigenvalue weighted by Crippen LogP contribution is -2.28. The minimum Gasteiger partial charge on any atom is -0.462 e. The molecule has 0 radical (unpaired) electrons. The van der Waals surface area contributed by atoms with Gasteiger partial charge in [0.25, 0.3) is 0 Å². The second-order valence-corrected chi connectivity index (χ2v) is 12.5. The van der Waals surface area contributed by atoms with Gasteiger partial charge in [-0.2, -0.15) is 0 Å². The number of aliphatic hydroxyl groups is 2. The molecule has 0 aliphatic rings. The highest BCUT2D eigenvalue weighted by atomic mass is 16.6. The van der Waals surface area contributed by atoms with Crippen molar-refractivity contribution in [3.63, 3.8) is 0 Å². The zero-order valence-corrected chi connectivity index (χ0v) is 30.1. The van der Waals surface area contributed by atoms with E-state index in [1.54, 1.807) is 0 Å². The number of carbonyl (C=O) groups is 2. The van der Waals surface area contributed by atoms with Crippen molar-refractivity contribution >= 4 is 11.9 Å². The Morgan fingerprint density at radius 2 is 1.15 bits per heavy atom. The van der Waals surface area contributed by atoms with Crippen LogP contribution in [0, 0.1) is 0 Å². The van der Waals surface area contributed by atoms with Crippen LogP contribution in [-0.2, 0) is 19.1 Å². The number of rotatable bonds is 33. The highest BCUT2D eigenvalue weighted by Crippen LogP contribution is 2.14. The van der Waals surface area contributed by atoms with E-state index in [4.69, 9.17) is 9.47 Å². The summed E-state index contributed by atoms with van der Waals surface area (Å²) in [5.74, 6) is -0.684. The molecule has 0 aliphatic heterocycles. The predicted octanol–water partition coefficient (Wildman–Crippen LogP) is 10.6. The number of unbranched alkanes of at least 4 members (excludes halogenated alkanes) is 15. The van der Waals surface area contributed by atoms with Gasteiger partial charge in [0, 0.05) is 12.8 Å². The van der Waals surface area contributed by atoms with Gasteiger partial charge in [-0.25, -0.2) is 0 Å². The highest BCUT2D eigenvalue weighted by molar-refractivity contribution is 5.70. The van der Waals surface area contributed by atoms with Crippen molar-refractivity contribution in [2.45, 2.75) is 174 Å². The van der Waals surface area contributed by atoms with Gasteiger partial charge in [-0.1, -0.05) is 164 Å². The summed E-state index contributed by atoms with van der Waals surface area (Å²) < 4.78 is 10.5. The Balaban J connectivity index is 3.71. The first-order valence-corrected chi connectivity index (χ1v) is 19.0. The molecule has 2 atom stereocenters. The van der Waals surface area contributed by atoms with Gasteiger partial charge in [0.15, 0.2) is 6.10 Å². The molecule has 2 N–H and O–H groups in total. The molecular formula is C41H70O6. The Morgan fingerprint density at radius 1 is 0.617 bits per heavy atom. The molecule has 270 valence electrons. The molecule has 0 rings (SSSR count). The molecule has 0 bridgehead atoms. The van der Waals surface area contributed by atoms with Crippen LogP contribution < -0.4 is 0 Å². The van der Waals surface area contributed by atoms with Gasteiger partial charge in [-0.3, -0.25) is 9.59 Å². The normalized spacial score (nSPS) is 13.5. The number of hydrogen-bond donors (Lipinski definition) is 2. The van der Waals surface area contributed by atoms with Crippen molar-refractivity contribution in [3.05, 3.63) is 60.8 Å². The van der Waals surface area contributed by atoms with Crippen LogP contribution in [0.25, 0.3) is 0 Å². The Hall–Kier alpha value is -2.44. The molecule has 0 saturated heterocycles. The second kappa shape index (κ2) is 36.4. The maximum absolute atomic E-state index is 12.1. The Kier molecular flexibility index (Phi) is 34.5. The molecule has 0 saturated carbocycles. The summed E-state index contributed by atoms with van der Waals surface area (Å²) in [6.07, 6.45) is 43.4. The number of aliphatic hydroxyl groups excluding tert-OH is 2. The fraction of sp³-hybridized carbons (Fsp3) is 0.707. The lowest BCUT2D eigenvalue weighted by Gasteiger charge is -2.15. The zero-order chi connectivity index (χ0) is 34.5. The van der Waals surface area contributed by atoms with E-state index >= 15 is 0 Å². The number of carbonyl (C=O) groups excluding carboxylic acids is 2. The molecule has 0 aromatic rings. The van der Waals surface area contributed by atoms with Gasteiger partial charge in [0.05, 0.1) is 12.7 Å². The molecule has 1 unspecified atom stereocenters. The van der Waals surface area contributed by atoms with Crippen LogP contribution in [0.5, 0.6) is 0 Å². The first kappa shape index (κ1) is 44.6. The molecule has 0 aliphatic carbocycles. The van der Waals surface area contributed by atoms with Crippen LogP contribution >= 0.6 is 0 Å². The molecule has 6 heteroatoms. The summed E-state index contributed by atoms with van der Waals surface area (Å²) in [7, 11) is 0. The van der Waals surface area contributed by atoms with Crippen molar-refractivity contribution in [3.8, 4) is 0 Å². The van der Waals surface area contributed by atoms with Crippen LogP contribution in [0.1, 0.15) is 162 Å². The molecule has 0 fully saturated rings. The van der Waals surface area contributed by atoms with E-state index in [1.165, 1.54) is 77.0 Å². The molecule has 0 heterocycles. The average molecular weight is 659 g/mol. The van der Waals surface area contributed by atoms with Crippen LogP contribution in [0.15, 0.2) is 60.8 Å². The third-order valence-electron chi connectivity index (χ3n) is 7.90. The SMILES string of the molecule is CC/C=C\C(O)C/C=C/C=C\C/C=C\C/C=C\CCCC(=O)O[C@@H](CO)COC(=O)CCCCCCCCCCCCCCCCC. The minimum absolute atomic E-state index is 0.0999. The van der Waals surface area contributed by atoms with E-state index in [0.29, 0.717) is 19.3 Å². The first-order valence-electron chi connectivity index (χ1n) is 19.0. The maximum atomic E-state index is 12.1. The summed E-state index contributed by atoms with van der Waals surface area (Å²) in [4.78, 5) is 24.2. The number of hydrogen-bond acceptors (Lipinski definition) is 6. The summed E-state index contributed by atoms with van der Waals surface area (Å²) in [6, 6.07) is 0. The van der Waals surface area contributed by atoms with Gasteiger partial charge in [-0.05, 0) is 44.9 Å². The summed E-state index contributed by atoms with van der Waals surface area (Å²) in [5.41, 5.74) is 0. The Labute approximate surface area is 288 Å². The van der Waals surface area contributed by atoms with Crippen molar-refractivity contribution in [1.82, 2.24) is 0 Å². The third kappa shape index (κ3) is 34.7. The van der Waals surface area contributed by atoms with Gasteiger partial charge in [0.2, 0.25) is 0 Å². The fourth-order valence-corrected chi connectivity index (χ4v) is 5.02. The van der Waals surface area contributed by atoms with Crippen LogP contribution in [-0.4, -0.2) is 47.6 Å². The van der Waals surface area contributed by atoms with Gasteiger partial charge >= 0.3 is 11.9 Å². The van der Waals surface area contributed by atoms with Crippen LogP contribution in [0.2, 0.25) is 0 Å². The van der Waals surface area contributed by atoms with Crippen molar-refractivity contribution in [2.75, 3.05) is 13.2 Å². The summed E-state index contributed by atoms with van der Waals surface area (Å²) >= 11 is 0. The number of esters is 2. The van der Waals surface area contributed by atoms with Crippen LogP contribution in [0.4, 0.5) is 0 Å². The van der Waals surface area contributed by atoms with Crippen LogP contribution in [0.3, 0.4) is 0 Å². The fourth-order valence-electron chi connectivity index (χ4n) is 5.02. The van der Waals surface area contributed by atoms with E-state index < -0.39 is 12.2 Å². The third-order valence-corrected chi connectivity index (χ3v) is 7.90. The maximum Gasteiger partial charge on any atom is 0.306 e. The molecule has 0 aromatic carbocycles. The number of ether oxygens (including phenoxy) is 2. The average Bonchev–Trinajstić information content (AvgIpc) is 3.07. The van der Waals surface area contributed by atoms with Crippen molar-refractivity contribution < 1.29 is 29.3 Å². The topological polar surface area (TPSA) is 93.1 Å². The van der Waals surface area contributed by atoms with Gasteiger partial charge in [0.1, 0.15) is 6.61 Å². The van der Waals surface area contributed by atoms with E-state index in [0.717, 1.165) is 44.9 Å². The largest absolute Gasteiger partial charge is 0.462 e. The first-order chi connectivity index (χ1) is 23.0. The molecule has 0 amide bonds. The number of allylic oxidation sites excluding steroid dienone is 8. The lowest BCUT2D eigenvalue weighted by molar-refractivity contribution is -0.161. The Morgan fingerprint density at radius 3 is 1.74 bits per heavy atom. The standard InChI is InChI=1S/C41H70O6/c1-3-5-7-8-9-10-11-12-13-14-18-21-24-27-30-34-40(44)46-37-39(36-42)47-41(45)35-31-28-25-22-19-16-15-17-20-23-26-29-33-38(43)32-6-4-2/h6,15-16,20,22-23,25-26,29,32,38-39,42-43H,3-5,7-14,17-19,21,24,27-28,30-31,33-37H2,1-2H3/b16-15-,23-20-,25-22-,29-26+,32-6-/t38?,39-/m0/s1. The monoisotopic (exact) mass is 659 g/mol. The highest BCUT2D eigenvalue weighted by Gasteiger charge is 2.15. The predicted molar refractivity (Wildman–Crippen MR) is 197 cm³/mol. The molecule has 6 nitrogen and oxygen atoms in total. The van der Waals surface area contributed by atoms with E-state index in [2.05, 4.69) is 37.3 Å². The van der Waals surface area contributed by atoms with Crippen molar-refractivity contribution in [2.24, 2.45) is 0 Å². The zero-order valence-electron chi connectivity index (χ0n) is 30.1. The summed E-state index contributed by atoms with van der Waals surface area (Å²) in [6.45, 7) is 3.84. The molecule has 0 aromatic heterocycles. The Bertz CT molecular complexity index is 856. The van der Waals surface area contributed by atoms with Gasteiger partial charge < -0.3 is 19.7 Å². The van der Waals surface area contributed by atoms with E-state index in [-0.39, 0.29) is 31.6 Å². The minimum atomic E-state index is -0.813. The molecule has 47 heavy (non-hydrogen) atoms. The van der Waals surface area contributed by atoms with E-state index in [9.17, 15) is 19.8 Å². The summed E-state index contributed by atoms with van der Waals surface area (Å²) in [5, 5.41) is 19.2. The van der Waals surface area contributed by atoms with Crippen molar-refractivity contribution in [1.29, 1.82) is 0 Å². The lowest BCUT2D eigenvalue weighted by atomic mass is 10.0. The molecular weight excluding hydrogens is 588 g/mol. The molecule has 0 spiro atoms. The van der Waals surface area contributed by atoms with E-state index in [1.807, 2.05) is 37.3 Å². The van der Waals surface area contributed by atoms with Gasteiger partial charge in [-0.15, -0.1) is 0 Å².